The molecule has 1 unspecified atom stereocenters. The molecule has 0 amide bonds. The second kappa shape index (κ2) is 9.02. The Labute approximate surface area is 170 Å². The molecule has 1 N–H and O–H groups in total. The highest BCUT2D eigenvalue weighted by atomic mass is 32.2. The Morgan fingerprint density at radius 3 is 2.83 bits per heavy atom. The molecule has 0 fully saturated rings. The lowest BCUT2D eigenvalue weighted by Gasteiger charge is -2.26. The minimum absolute atomic E-state index is 0.0600. The molecule has 0 aromatic heterocycles. The lowest BCUT2D eigenvalue weighted by atomic mass is 10.1. The van der Waals surface area contributed by atoms with Gasteiger partial charge in [-0.25, -0.2) is 8.42 Å². The van der Waals surface area contributed by atoms with E-state index in [4.69, 9.17) is 19.2 Å². The van der Waals surface area contributed by atoms with Crippen molar-refractivity contribution in [2.24, 2.45) is 0 Å². The van der Waals surface area contributed by atoms with Crippen LogP contribution in [0.1, 0.15) is 18.4 Å². The third-order valence-electron chi connectivity index (χ3n) is 4.93. The van der Waals surface area contributed by atoms with E-state index < -0.39 is 9.84 Å². The topological polar surface area (TPSA) is 83.1 Å². The van der Waals surface area contributed by atoms with Gasteiger partial charge < -0.3 is 19.7 Å². The molecule has 0 bridgehead atoms. The Kier molecular flexibility index (Phi) is 6.22. The van der Waals surface area contributed by atoms with Crippen molar-refractivity contribution in [2.75, 3.05) is 32.1 Å². The SMILES string of the molecule is O=S(=O)(CCCNCC1COc2ccccc2O1)c1ccc2c(c1)OOCCC2. The van der Waals surface area contributed by atoms with Gasteiger partial charge in [0.15, 0.2) is 27.1 Å². The van der Waals surface area contributed by atoms with Crippen molar-refractivity contribution >= 4 is 9.84 Å². The van der Waals surface area contributed by atoms with Crippen LogP contribution in [0.5, 0.6) is 17.2 Å². The van der Waals surface area contributed by atoms with Gasteiger partial charge in [0.1, 0.15) is 12.7 Å². The Morgan fingerprint density at radius 2 is 1.93 bits per heavy atom. The summed E-state index contributed by atoms with van der Waals surface area (Å²) in [5, 5.41) is 3.25. The summed E-state index contributed by atoms with van der Waals surface area (Å²) in [6.45, 7) is 2.15. The Hall–Kier alpha value is -2.29. The van der Waals surface area contributed by atoms with Gasteiger partial charge >= 0.3 is 0 Å². The number of fused-ring (bicyclic) bond motifs is 2. The third-order valence-corrected chi connectivity index (χ3v) is 6.72. The number of benzene rings is 2. The first-order chi connectivity index (χ1) is 14.1. The van der Waals surface area contributed by atoms with Gasteiger partial charge in [-0.2, -0.15) is 4.89 Å². The average molecular weight is 419 g/mol. The minimum Gasteiger partial charge on any atom is -0.486 e. The maximum atomic E-state index is 12.6. The summed E-state index contributed by atoms with van der Waals surface area (Å²) in [6.07, 6.45) is 2.08. The van der Waals surface area contributed by atoms with Crippen LogP contribution in [0.15, 0.2) is 47.4 Å². The molecule has 156 valence electrons. The first-order valence-corrected chi connectivity index (χ1v) is 11.5. The first kappa shape index (κ1) is 20.0. The van der Waals surface area contributed by atoms with Crippen molar-refractivity contribution < 1.29 is 27.7 Å². The van der Waals surface area contributed by atoms with E-state index >= 15 is 0 Å². The zero-order valence-corrected chi connectivity index (χ0v) is 16.9. The highest BCUT2D eigenvalue weighted by Gasteiger charge is 2.21. The molecule has 2 aromatic rings. The van der Waals surface area contributed by atoms with Crippen LogP contribution in [0.4, 0.5) is 0 Å². The maximum absolute atomic E-state index is 12.6. The fraction of sp³-hybridized carbons (Fsp3) is 0.429. The van der Waals surface area contributed by atoms with Gasteiger partial charge in [0.05, 0.1) is 17.3 Å². The molecule has 0 radical (unpaired) electrons. The molecule has 2 aliphatic heterocycles. The Bertz CT molecular complexity index is 946. The van der Waals surface area contributed by atoms with E-state index in [0.717, 1.165) is 29.9 Å². The number of rotatable bonds is 7. The third kappa shape index (κ3) is 5.01. The van der Waals surface area contributed by atoms with Crippen LogP contribution in [0.25, 0.3) is 0 Å². The molecule has 29 heavy (non-hydrogen) atoms. The normalized spacial score (nSPS) is 18.4. The second-order valence-corrected chi connectivity index (χ2v) is 9.26. The predicted molar refractivity (Wildman–Crippen MR) is 107 cm³/mol. The number of hydrogen-bond acceptors (Lipinski definition) is 7. The fourth-order valence-corrected chi connectivity index (χ4v) is 4.69. The minimum atomic E-state index is -3.38. The number of sulfone groups is 1. The zero-order chi connectivity index (χ0) is 20.1. The van der Waals surface area contributed by atoms with E-state index in [0.29, 0.717) is 38.5 Å². The summed E-state index contributed by atoms with van der Waals surface area (Å²) in [4.78, 5) is 10.5. The standard InChI is InChI=1S/C21H25NO6S/c23-29(24,18-9-8-16-5-3-11-26-28-21(16)13-18)12-4-10-22-14-17-15-25-19-6-1-2-7-20(19)27-17/h1-2,6-9,13,17,22H,3-5,10-12,14-15H2. The van der Waals surface area contributed by atoms with Crippen LogP contribution in [0.2, 0.25) is 0 Å². The van der Waals surface area contributed by atoms with Gasteiger partial charge in [-0.15, -0.1) is 0 Å². The number of hydrogen-bond donors (Lipinski definition) is 1. The van der Waals surface area contributed by atoms with Crippen LogP contribution >= 0.6 is 0 Å². The van der Waals surface area contributed by atoms with Gasteiger partial charge in [0, 0.05) is 12.6 Å². The summed E-state index contributed by atoms with van der Waals surface area (Å²) in [7, 11) is -3.38. The van der Waals surface area contributed by atoms with Crippen LogP contribution in [-0.2, 0) is 21.1 Å². The van der Waals surface area contributed by atoms with Crippen LogP contribution < -0.4 is 19.7 Å². The Morgan fingerprint density at radius 1 is 1.07 bits per heavy atom. The largest absolute Gasteiger partial charge is 0.486 e. The molecule has 0 saturated carbocycles. The molecule has 2 aromatic carbocycles. The van der Waals surface area contributed by atoms with Gasteiger partial charge in [0.25, 0.3) is 0 Å². The van der Waals surface area contributed by atoms with Gasteiger partial charge in [-0.3, -0.25) is 0 Å². The van der Waals surface area contributed by atoms with Crippen LogP contribution in [-0.4, -0.2) is 46.6 Å². The quantitative estimate of drug-likeness (QED) is 0.545. The smallest absolute Gasteiger partial charge is 0.178 e. The zero-order valence-electron chi connectivity index (χ0n) is 16.1. The number of ether oxygens (including phenoxy) is 2. The van der Waals surface area contributed by atoms with Gasteiger partial charge in [0.2, 0.25) is 0 Å². The predicted octanol–water partition coefficient (Wildman–Crippen LogP) is 2.54. The van der Waals surface area contributed by atoms with E-state index in [1.165, 1.54) is 0 Å². The van der Waals surface area contributed by atoms with Crippen LogP contribution in [0, 0.1) is 0 Å². The molecular weight excluding hydrogens is 394 g/mol. The lowest BCUT2D eigenvalue weighted by molar-refractivity contribution is -0.203. The number of nitrogens with one attached hydrogen (secondary N) is 1. The Balaban J connectivity index is 1.24. The van der Waals surface area contributed by atoms with Crippen LogP contribution in [0.3, 0.4) is 0 Å². The molecule has 1 atom stereocenters. The summed E-state index contributed by atoms with van der Waals surface area (Å²) in [6, 6.07) is 12.6. The number of aryl methyl sites for hydroxylation is 1. The molecule has 0 aliphatic carbocycles. The summed E-state index contributed by atoms with van der Waals surface area (Å²) >= 11 is 0. The van der Waals surface area contributed by atoms with Crippen molar-refractivity contribution in [3.63, 3.8) is 0 Å². The van der Waals surface area contributed by atoms with E-state index in [1.807, 2.05) is 30.3 Å². The fourth-order valence-electron chi connectivity index (χ4n) is 3.37. The van der Waals surface area contributed by atoms with Crippen molar-refractivity contribution in [3.8, 4) is 17.2 Å². The van der Waals surface area contributed by atoms with Crippen molar-refractivity contribution in [2.45, 2.75) is 30.3 Å². The number of para-hydroxylation sites is 2. The summed E-state index contributed by atoms with van der Waals surface area (Å²) in [5.74, 6) is 2.05. The molecule has 2 heterocycles. The summed E-state index contributed by atoms with van der Waals surface area (Å²) in [5.41, 5.74) is 0.972. The van der Waals surface area contributed by atoms with Crippen molar-refractivity contribution in [1.82, 2.24) is 5.32 Å². The van der Waals surface area contributed by atoms with E-state index in [9.17, 15) is 8.42 Å². The van der Waals surface area contributed by atoms with Crippen molar-refractivity contribution in [3.05, 3.63) is 48.0 Å². The van der Waals surface area contributed by atoms with E-state index in [1.54, 1.807) is 12.1 Å². The van der Waals surface area contributed by atoms with Gasteiger partial charge in [-0.05, 0) is 49.6 Å². The highest BCUT2D eigenvalue weighted by molar-refractivity contribution is 7.91. The highest BCUT2D eigenvalue weighted by Crippen LogP contribution is 2.30. The monoisotopic (exact) mass is 419 g/mol. The average Bonchev–Trinajstić information content (AvgIpc) is 2.98. The first-order valence-electron chi connectivity index (χ1n) is 9.86. The molecule has 0 saturated heterocycles. The molecular formula is C21H25NO6S. The van der Waals surface area contributed by atoms with E-state index in [2.05, 4.69) is 5.32 Å². The molecule has 2 aliphatic rings. The molecule has 7 nitrogen and oxygen atoms in total. The van der Waals surface area contributed by atoms with Gasteiger partial charge in [-0.1, -0.05) is 18.2 Å². The molecule has 8 heteroatoms. The maximum Gasteiger partial charge on any atom is 0.178 e. The summed E-state index contributed by atoms with van der Waals surface area (Å²) < 4.78 is 36.8. The molecule has 4 rings (SSSR count). The lowest BCUT2D eigenvalue weighted by Crippen LogP contribution is -2.39. The van der Waals surface area contributed by atoms with Crippen molar-refractivity contribution in [1.29, 1.82) is 0 Å². The second-order valence-electron chi connectivity index (χ2n) is 7.15. The van der Waals surface area contributed by atoms with E-state index in [-0.39, 0.29) is 16.8 Å². The molecule has 0 spiro atoms.